The minimum absolute atomic E-state index is 0.183. The third-order valence-corrected chi connectivity index (χ3v) is 5.96. The van der Waals surface area contributed by atoms with Crippen LogP contribution in [0.15, 0.2) is 47.4 Å². The molecule has 4 nitrogen and oxygen atoms in total. The molecule has 0 spiro atoms. The second-order valence-corrected chi connectivity index (χ2v) is 7.96. The van der Waals surface area contributed by atoms with Gasteiger partial charge in [-0.1, -0.05) is 12.1 Å². The van der Waals surface area contributed by atoms with Gasteiger partial charge in [0, 0.05) is 30.8 Å². The summed E-state index contributed by atoms with van der Waals surface area (Å²) in [5, 5.41) is 0. The fraction of sp³-hybridized carbons (Fsp3) is 0.409. The molecule has 0 aromatic heterocycles. The molecule has 0 bridgehead atoms. The standard InChI is InChI=1S/C22H27NO3S/c1-16-7-8-20(13-17(16)2)26-18-9-11-23(12-10-18)22(24)15-27-21-6-4-5-19(14-21)25-3/h4-8,13-14,18H,9-12,15H2,1-3H3. The van der Waals surface area contributed by atoms with Gasteiger partial charge in [-0.25, -0.2) is 0 Å². The van der Waals surface area contributed by atoms with Crippen LogP contribution in [0.1, 0.15) is 24.0 Å². The number of nitrogens with zero attached hydrogens (tertiary/aromatic N) is 1. The van der Waals surface area contributed by atoms with E-state index in [-0.39, 0.29) is 12.0 Å². The van der Waals surface area contributed by atoms with Crippen molar-refractivity contribution in [3.05, 3.63) is 53.6 Å². The van der Waals surface area contributed by atoms with Crippen LogP contribution >= 0.6 is 11.8 Å². The van der Waals surface area contributed by atoms with Crippen LogP contribution in [0, 0.1) is 13.8 Å². The molecule has 0 atom stereocenters. The molecular weight excluding hydrogens is 358 g/mol. The SMILES string of the molecule is COc1cccc(SCC(=O)N2CCC(Oc3ccc(C)c(C)c3)CC2)c1. The number of rotatable bonds is 6. The van der Waals surface area contributed by atoms with Gasteiger partial charge >= 0.3 is 0 Å². The molecule has 1 fully saturated rings. The van der Waals surface area contributed by atoms with Gasteiger partial charge in [0.25, 0.3) is 0 Å². The summed E-state index contributed by atoms with van der Waals surface area (Å²) in [6.07, 6.45) is 1.94. The number of hydrogen-bond donors (Lipinski definition) is 0. The van der Waals surface area contributed by atoms with E-state index in [0.29, 0.717) is 5.75 Å². The third kappa shape index (κ3) is 5.42. The molecule has 0 N–H and O–H groups in total. The molecule has 2 aromatic rings. The molecular formula is C22H27NO3S. The molecule has 27 heavy (non-hydrogen) atoms. The number of amides is 1. The lowest BCUT2D eigenvalue weighted by molar-refractivity contribution is -0.130. The van der Waals surface area contributed by atoms with Gasteiger partial charge in [0.2, 0.25) is 5.91 Å². The van der Waals surface area contributed by atoms with Crippen LogP contribution in [0.5, 0.6) is 11.5 Å². The summed E-state index contributed by atoms with van der Waals surface area (Å²) < 4.78 is 11.3. The fourth-order valence-electron chi connectivity index (χ4n) is 3.13. The topological polar surface area (TPSA) is 38.8 Å². The number of benzene rings is 2. The van der Waals surface area contributed by atoms with Gasteiger partial charge in [0.1, 0.15) is 17.6 Å². The van der Waals surface area contributed by atoms with Crippen molar-refractivity contribution in [2.75, 3.05) is 26.0 Å². The number of carbonyl (C=O) groups excluding carboxylic acids is 1. The number of methoxy groups -OCH3 is 1. The molecule has 1 amide bonds. The number of thioether (sulfide) groups is 1. The van der Waals surface area contributed by atoms with E-state index in [9.17, 15) is 4.79 Å². The lowest BCUT2D eigenvalue weighted by atomic mass is 10.1. The lowest BCUT2D eigenvalue weighted by Gasteiger charge is -2.32. The van der Waals surface area contributed by atoms with Crippen LogP contribution in [-0.2, 0) is 4.79 Å². The second kappa shape index (κ2) is 9.18. The monoisotopic (exact) mass is 385 g/mol. The lowest BCUT2D eigenvalue weighted by Crippen LogP contribution is -2.42. The van der Waals surface area contributed by atoms with Gasteiger partial charge in [-0.15, -0.1) is 11.8 Å². The highest BCUT2D eigenvalue weighted by Gasteiger charge is 2.24. The average Bonchev–Trinajstić information content (AvgIpc) is 2.69. The maximum absolute atomic E-state index is 12.5. The zero-order valence-corrected chi connectivity index (χ0v) is 17.1. The first kappa shape index (κ1) is 19.6. The Morgan fingerprint density at radius 3 is 2.56 bits per heavy atom. The highest BCUT2D eigenvalue weighted by atomic mass is 32.2. The zero-order chi connectivity index (χ0) is 19.2. The van der Waals surface area contributed by atoms with Crippen LogP contribution in [0.2, 0.25) is 0 Å². The summed E-state index contributed by atoms with van der Waals surface area (Å²) in [6.45, 7) is 5.72. The normalized spacial score (nSPS) is 14.9. The predicted molar refractivity (Wildman–Crippen MR) is 110 cm³/mol. The van der Waals surface area contributed by atoms with Crippen LogP contribution in [0.3, 0.4) is 0 Å². The van der Waals surface area contributed by atoms with E-state index in [1.807, 2.05) is 35.2 Å². The summed E-state index contributed by atoms with van der Waals surface area (Å²) in [4.78, 5) is 15.5. The number of carbonyl (C=O) groups is 1. The van der Waals surface area contributed by atoms with Crippen LogP contribution in [0.25, 0.3) is 0 Å². The zero-order valence-electron chi connectivity index (χ0n) is 16.2. The summed E-state index contributed by atoms with van der Waals surface area (Å²) >= 11 is 1.56. The Kier molecular flexibility index (Phi) is 6.67. The van der Waals surface area contributed by atoms with Gasteiger partial charge in [-0.05, 0) is 55.3 Å². The molecule has 0 aliphatic carbocycles. The Bertz CT molecular complexity index is 785. The number of likely N-dealkylation sites (tertiary alicyclic amines) is 1. The number of piperidine rings is 1. The van der Waals surface area contributed by atoms with Crippen molar-refractivity contribution < 1.29 is 14.3 Å². The maximum Gasteiger partial charge on any atom is 0.232 e. The molecule has 2 aromatic carbocycles. The Balaban J connectivity index is 1.45. The van der Waals surface area contributed by atoms with Crippen molar-refractivity contribution >= 4 is 17.7 Å². The fourth-order valence-corrected chi connectivity index (χ4v) is 3.98. The third-order valence-electron chi connectivity index (χ3n) is 4.98. The molecule has 1 heterocycles. The van der Waals surface area contributed by atoms with Gasteiger partial charge < -0.3 is 14.4 Å². The van der Waals surface area contributed by atoms with Crippen molar-refractivity contribution in [3.8, 4) is 11.5 Å². The predicted octanol–water partition coefficient (Wildman–Crippen LogP) is 4.47. The number of aryl methyl sites for hydroxylation is 2. The summed E-state index contributed by atoms with van der Waals surface area (Å²) in [6, 6.07) is 14.0. The molecule has 1 aliphatic rings. The van der Waals surface area contributed by atoms with Crippen molar-refractivity contribution in [2.45, 2.75) is 37.7 Å². The smallest absolute Gasteiger partial charge is 0.232 e. The van der Waals surface area contributed by atoms with Gasteiger partial charge in [0.15, 0.2) is 0 Å². The van der Waals surface area contributed by atoms with E-state index in [0.717, 1.165) is 42.3 Å². The largest absolute Gasteiger partial charge is 0.497 e. The van der Waals surface area contributed by atoms with Crippen LogP contribution in [0.4, 0.5) is 0 Å². The van der Waals surface area contributed by atoms with E-state index >= 15 is 0 Å². The van der Waals surface area contributed by atoms with E-state index < -0.39 is 0 Å². The summed E-state index contributed by atoms with van der Waals surface area (Å²) in [7, 11) is 1.65. The molecule has 3 rings (SSSR count). The Hall–Kier alpha value is -2.14. The number of hydrogen-bond acceptors (Lipinski definition) is 4. The van der Waals surface area contributed by atoms with Gasteiger partial charge in [0.05, 0.1) is 12.9 Å². The first-order chi connectivity index (χ1) is 13.0. The summed E-state index contributed by atoms with van der Waals surface area (Å²) in [5.74, 6) is 2.39. The minimum Gasteiger partial charge on any atom is -0.497 e. The molecule has 1 aliphatic heterocycles. The van der Waals surface area contributed by atoms with Crippen molar-refractivity contribution in [3.63, 3.8) is 0 Å². The molecule has 5 heteroatoms. The average molecular weight is 386 g/mol. The highest BCUT2D eigenvalue weighted by Crippen LogP contribution is 2.25. The van der Waals surface area contributed by atoms with Crippen LogP contribution in [-0.4, -0.2) is 42.9 Å². The Morgan fingerprint density at radius 2 is 1.85 bits per heavy atom. The Labute approximate surface area is 165 Å². The first-order valence-corrected chi connectivity index (χ1v) is 10.3. The molecule has 144 valence electrons. The van der Waals surface area contributed by atoms with E-state index in [4.69, 9.17) is 9.47 Å². The highest BCUT2D eigenvalue weighted by molar-refractivity contribution is 8.00. The Morgan fingerprint density at radius 1 is 1.07 bits per heavy atom. The quantitative estimate of drug-likeness (QED) is 0.688. The van der Waals surface area contributed by atoms with Gasteiger partial charge in [-0.3, -0.25) is 4.79 Å². The van der Waals surface area contributed by atoms with Gasteiger partial charge in [-0.2, -0.15) is 0 Å². The van der Waals surface area contributed by atoms with E-state index in [2.05, 4.69) is 26.0 Å². The van der Waals surface area contributed by atoms with Crippen LogP contribution < -0.4 is 9.47 Å². The van der Waals surface area contributed by atoms with Crippen molar-refractivity contribution in [1.82, 2.24) is 4.90 Å². The van der Waals surface area contributed by atoms with Crippen molar-refractivity contribution in [2.24, 2.45) is 0 Å². The molecule has 0 saturated carbocycles. The number of ether oxygens (including phenoxy) is 2. The summed E-state index contributed by atoms with van der Waals surface area (Å²) in [5.41, 5.74) is 2.52. The van der Waals surface area contributed by atoms with E-state index in [1.54, 1.807) is 18.9 Å². The molecule has 1 saturated heterocycles. The molecule has 0 unspecified atom stereocenters. The van der Waals surface area contributed by atoms with Crippen molar-refractivity contribution in [1.29, 1.82) is 0 Å². The first-order valence-electron chi connectivity index (χ1n) is 9.33. The molecule has 0 radical (unpaired) electrons. The maximum atomic E-state index is 12.5. The minimum atomic E-state index is 0.183. The van der Waals surface area contributed by atoms with E-state index in [1.165, 1.54) is 11.1 Å². The second-order valence-electron chi connectivity index (χ2n) is 6.91.